The number of rotatable bonds is 8. The number of nitro groups is 1. The third-order valence-corrected chi connectivity index (χ3v) is 5.37. The highest BCUT2D eigenvalue weighted by molar-refractivity contribution is 9.28. The summed E-state index contributed by atoms with van der Waals surface area (Å²) in [5.74, 6) is 1.74. The molecule has 0 saturated heterocycles. The van der Waals surface area contributed by atoms with E-state index >= 15 is 0 Å². The van der Waals surface area contributed by atoms with E-state index in [0.29, 0.717) is 14.9 Å². The molecule has 150 valence electrons. The zero-order valence-electron chi connectivity index (χ0n) is 14.7. The van der Waals surface area contributed by atoms with E-state index in [2.05, 4.69) is 63.7 Å². The average Bonchev–Trinajstić information content (AvgIpc) is 2.59. The molecule has 0 heterocycles. The van der Waals surface area contributed by atoms with Gasteiger partial charge in [0, 0.05) is 6.07 Å². The van der Waals surface area contributed by atoms with Crippen LogP contribution in [0.25, 0.3) is 0 Å². The Morgan fingerprint density at radius 3 is 2.21 bits per heavy atom. The molecule has 0 aliphatic rings. The van der Waals surface area contributed by atoms with Crippen molar-refractivity contribution in [1.29, 1.82) is 0 Å². The first-order chi connectivity index (χ1) is 13.2. The summed E-state index contributed by atoms with van der Waals surface area (Å²) in [6.45, 7) is 4.07. The average molecular weight is 645 g/mol. The largest absolute Gasteiger partial charge is 0.491 e. The van der Waals surface area contributed by atoms with Crippen LogP contribution in [-0.4, -0.2) is 17.6 Å². The first-order valence-corrected chi connectivity index (χ1v) is 11.1. The van der Waals surface area contributed by atoms with Gasteiger partial charge in [-0.25, -0.2) is 0 Å². The zero-order chi connectivity index (χ0) is 20.8. The first kappa shape index (κ1) is 23.2. The summed E-state index contributed by atoms with van der Waals surface area (Å²) in [6, 6.07) is 8.57. The van der Waals surface area contributed by atoms with Crippen LogP contribution in [0.3, 0.4) is 0 Å². The summed E-state index contributed by atoms with van der Waals surface area (Å²) in [5.41, 5.74) is -0.186. The highest BCUT2D eigenvalue weighted by atomic mass is 79.9. The van der Waals surface area contributed by atoms with Crippen LogP contribution < -0.4 is 14.2 Å². The van der Waals surface area contributed by atoms with Crippen molar-refractivity contribution in [3.63, 3.8) is 0 Å². The van der Waals surface area contributed by atoms with Crippen molar-refractivity contribution in [1.82, 2.24) is 0 Å². The van der Waals surface area contributed by atoms with E-state index in [4.69, 9.17) is 14.2 Å². The number of nitro benzene ring substituents is 1. The van der Waals surface area contributed by atoms with E-state index in [1.54, 1.807) is 36.4 Å². The molecule has 2 aromatic rings. The fraction of sp³-hybridized carbons (Fsp3) is 0.222. The van der Waals surface area contributed by atoms with Crippen LogP contribution in [0.2, 0.25) is 0 Å². The van der Waals surface area contributed by atoms with E-state index < -0.39 is 4.92 Å². The number of ether oxygens (including phenoxy) is 3. The fourth-order valence-electron chi connectivity index (χ4n) is 2.09. The Kier molecular flexibility index (Phi) is 8.79. The van der Waals surface area contributed by atoms with E-state index in [1.165, 1.54) is 0 Å². The van der Waals surface area contributed by atoms with Crippen LogP contribution in [0, 0.1) is 10.1 Å². The topological polar surface area (TPSA) is 70.8 Å². The molecule has 0 atom stereocenters. The number of nitrogens with zero attached hydrogens (tertiary/aromatic N) is 1. The minimum Gasteiger partial charge on any atom is -0.491 e. The number of halogens is 4. The molecule has 0 amide bonds. The SMILES string of the molecule is CC(C)Oc1ccc(Oc2cc(OCC=C(Br)Br)c(Br)c([N+](=O)[O-])c2Br)cc1. The molecular formula is C18H15Br4NO5. The number of hydrogen-bond donors (Lipinski definition) is 0. The molecule has 6 nitrogen and oxygen atoms in total. The van der Waals surface area contributed by atoms with Crippen molar-refractivity contribution in [3.8, 4) is 23.0 Å². The second-order valence-electron chi connectivity index (χ2n) is 5.65. The van der Waals surface area contributed by atoms with Crippen molar-refractivity contribution in [2.45, 2.75) is 20.0 Å². The maximum atomic E-state index is 11.5. The van der Waals surface area contributed by atoms with Gasteiger partial charge in [-0.3, -0.25) is 10.1 Å². The molecule has 0 bridgehead atoms. The summed E-state index contributed by atoms with van der Waals surface area (Å²) in [7, 11) is 0. The minimum atomic E-state index is -0.510. The lowest BCUT2D eigenvalue weighted by Gasteiger charge is -2.14. The van der Waals surface area contributed by atoms with Gasteiger partial charge in [-0.05, 0) is 108 Å². The van der Waals surface area contributed by atoms with E-state index in [1.807, 2.05) is 13.8 Å². The molecule has 2 rings (SSSR count). The smallest absolute Gasteiger partial charge is 0.305 e. The molecule has 10 heteroatoms. The Labute approximate surface area is 195 Å². The number of hydrogen-bond acceptors (Lipinski definition) is 5. The van der Waals surface area contributed by atoms with Crippen LogP contribution >= 0.6 is 63.7 Å². The molecule has 0 aliphatic carbocycles. The highest BCUT2D eigenvalue weighted by Crippen LogP contribution is 2.47. The third kappa shape index (κ3) is 6.47. The van der Waals surface area contributed by atoms with E-state index in [0.717, 1.165) is 0 Å². The van der Waals surface area contributed by atoms with Gasteiger partial charge in [0.2, 0.25) is 0 Å². The van der Waals surface area contributed by atoms with Gasteiger partial charge in [0.15, 0.2) is 5.75 Å². The van der Waals surface area contributed by atoms with Crippen molar-refractivity contribution >= 4 is 69.4 Å². The van der Waals surface area contributed by atoms with Gasteiger partial charge in [0.05, 0.1) is 14.4 Å². The first-order valence-electron chi connectivity index (χ1n) is 7.94. The molecular weight excluding hydrogens is 630 g/mol. The second-order valence-corrected chi connectivity index (χ2v) is 10.0. The molecule has 0 unspecified atom stereocenters. The Morgan fingerprint density at radius 1 is 1.11 bits per heavy atom. The Hall–Kier alpha value is -1.10. The lowest BCUT2D eigenvalue weighted by molar-refractivity contribution is -0.386. The third-order valence-electron chi connectivity index (χ3n) is 3.19. The molecule has 0 saturated carbocycles. The van der Waals surface area contributed by atoms with Crippen LogP contribution in [0.4, 0.5) is 5.69 Å². The summed E-state index contributed by atoms with van der Waals surface area (Å²) < 4.78 is 18.2. The minimum absolute atomic E-state index is 0.0587. The Morgan fingerprint density at radius 2 is 1.68 bits per heavy atom. The van der Waals surface area contributed by atoms with Gasteiger partial charge in [-0.2, -0.15) is 0 Å². The van der Waals surface area contributed by atoms with Crippen LogP contribution in [0.15, 0.2) is 48.7 Å². The second kappa shape index (κ2) is 10.6. The van der Waals surface area contributed by atoms with E-state index in [9.17, 15) is 10.1 Å². The molecule has 28 heavy (non-hydrogen) atoms. The summed E-state index contributed by atoms with van der Waals surface area (Å²) in [5, 5.41) is 11.5. The molecule has 0 spiro atoms. The van der Waals surface area contributed by atoms with Gasteiger partial charge >= 0.3 is 5.69 Å². The van der Waals surface area contributed by atoms with Gasteiger partial charge in [0.25, 0.3) is 0 Å². The van der Waals surface area contributed by atoms with E-state index in [-0.39, 0.29) is 38.8 Å². The normalized spacial score (nSPS) is 10.5. The van der Waals surface area contributed by atoms with Crippen LogP contribution in [-0.2, 0) is 0 Å². The summed E-state index contributed by atoms with van der Waals surface area (Å²) >= 11 is 13.0. The monoisotopic (exact) mass is 641 g/mol. The molecule has 0 aromatic heterocycles. The highest BCUT2D eigenvalue weighted by Gasteiger charge is 2.26. The van der Waals surface area contributed by atoms with Gasteiger partial charge in [-0.1, -0.05) is 0 Å². The molecule has 0 radical (unpaired) electrons. The Bertz CT molecular complexity index is 881. The predicted octanol–water partition coefficient (Wildman–Crippen LogP) is 7.71. The quantitative estimate of drug-likeness (QED) is 0.218. The maximum absolute atomic E-state index is 11.5. The standard InChI is InChI=1S/C18H15Br4NO5/c1-10(2)27-11-3-5-12(6-4-11)28-14-9-13(26-8-7-15(19)20)16(21)18(17(14)22)23(24)25/h3-7,9-10H,8H2,1-2H3. The molecule has 0 N–H and O–H groups in total. The van der Waals surface area contributed by atoms with Crippen molar-refractivity contribution in [3.05, 3.63) is 58.9 Å². The lowest BCUT2D eigenvalue weighted by Crippen LogP contribution is -2.05. The van der Waals surface area contributed by atoms with Crippen molar-refractivity contribution < 1.29 is 19.1 Å². The van der Waals surface area contributed by atoms with Crippen molar-refractivity contribution in [2.24, 2.45) is 0 Å². The molecule has 0 fully saturated rings. The van der Waals surface area contributed by atoms with Crippen molar-refractivity contribution in [2.75, 3.05) is 6.61 Å². The molecule has 2 aromatic carbocycles. The van der Waals surface area contributed by atoms with Crippen LogP contribution in [0.5, 0.6) is 23.0 Å². The fourth-order valence-corrected chi connectivity index (χ4v) is 3.74. The summed E-state index contributed by atoms with van der Waals surface area (Å²) in [6.07, 6.45) is 1.78. The number of benzene rings is 2. The van der Waals surface area contributed by atoms with Crippen LogP contribution in [0.1, 0.15) is 13.8 Å². The molecule has 0 aliphatic heterocycles. The predicted molar refractivity (Wildman–Crippen MR) is 122 cm³/mol. The zero-order valence-corrected chi connectivity index (χ0v) is 21.1. The lowest BCUT2D eigenvalue weighted by atomic mass is 10.2. The summed E-state index contributed by atoms with van der Waals surface area (Å²) in [4.78, 5) is 11.0. The maximum Gasteiger partial charge on any atom is 0.305 e. The van der Waals surface area contributed by atoms with Gasteiger partial charge in [0.1, 0.15) is 32.8 Å². The van der Waals surface area contributed by atoms with Gasteiger partial charge < -0.3 is 14.2 Å². The van der Waals surface area contributed by atoms with Gasteiger partial charge in [-0.15, -0.1) is 0 Å². The Balaban J connectivity index is 2.35.